The summed E-state index contributed by atoms with van der Waals surface area (Å²) in [6, 6.07) is 9.84. The highest BCUT2D eigenvalue weighted by Crippen LogP contribution is 2.20. The Morgan fingerprint density at radius 1 is 1.21 bits per heavy atom. The van der Waals surface area contributed by atoms with Gasteiger partial charge in [-0.05, 0) is 26.0 Å². The minimum atomic E-state index is -0.918. The molecule has 2 unspecified atom stereocenters. The van der Waals surface area contributed by atoms with Gasteiger partial charge in [-0.15, -0.1) is 0 Å². The lowest BCUT2D eigenvalue weighted by Crippen LogP contribution is -2.48. The molecule has 2 aromatic rings. The molecule has 0 aliphatic carbocycles. The minimum absolute atomic E-state index is 0.145. The number of aryl methyl sites for hydroxylation is 1. The van der Waals surface area contributed by atoms with Crippen LogP contribution in [0.5, 0.6) is 0 Å². The summed E-state index contributed by atoms with van der Waals surface area (Å²) in [5, 5.41) is 3.87. The molecule has 1 saturated heterocycles. The van der Waals surface area contributed by atoms with Gasteiger partial charge in [-0.3, -0.25) is 14.0 Å². The fourth-order valence-corrected chi connectivity index (χ4v) is 4.04. The average Bonchev–Trinajstić information content (AvgIpc) is 3.06. The van der Waals surface area contributed by atoms with Crippen LogP contribution in [0.4, 0.5) is 0 Å². The maximum Gasteiger partial charge on any atom is 0.243 e. The van der Waals surface area contributed by atoms with Crippen molar-refractivity contribution in [3.63, 3.8) is 0 Å². The molecule has 0 spiro atoms. The van der Waals surface area contributed by atoms with E-state index < -0.39 is 10.8 Å². The molecule has 0 N–H and O–H groups in total. The molecule has 1 aliphatic heterocycles. The molecule has 3 rings (SSSR count). The third kappa shape index (κ3) is 4.28. The van der Waals surface area contributed by atoms with E-state index in [4.69, 9.17) is 4.52 Å². The lowest BCUT2D eigenvalue weighted by molar-refractivity contribution is 0.0918. The number of hydrogen-bond acceptors (Lipinski definition) is 6. The molecule has 7 heteroatoms. The Labute approximate surface area is 145 Å². The van der Waals surface area contributed by atoms with Crippen LogP contribution >= 0.6 is 0 Å². The van der Waals surface area contributed by atoms with Crippen LogP contribution in [0.3, 0.4) is 0 Å². The Kier molecular flexibility index (Phi) is 5.76. The summed E-state index contributed by atoms with van der Waals surface area (Å²) in [5.74, 6) is 2.05. The highest BCUT2D eigenvalue weighted by molar-refractivity contribution is 7.85. The Balaban J connectivity index is 1.44. The minimum Gasteiger partial charge on any atom is -0.338 e. The highest BCUT2D eigenvalue weighted by Gasteiger charge is 2.25. The monoisotopic (exact) mass is 348 g/mol. The SMILES string of the molecule is Cc1noc(C(C)N2CCN(CCS(=O)c3ccccc3)CC2)n1. The standard InChI is InChI=1S/C17H24N4O2S/c1-14(17-18-15(2)19-23-17)21-10-8-20(9-11-21)12-13-24(22)16-6-4-3-5-7-16/h3-7,14H,8-13H2,1-2H3. The van der Waals surface area contributed by atoms with E-state index in [1.807, 2.05) is 37.3 Å². The van der Waals surface area contributed by atoms with Crippen LogP contribution in [0.2, 0.25) is 0 Å². The van der Waals surface area contributed by atoms with Crippen molar-refractivity contribution in [3.8, 4) is 0 Å². The van der Waals surface area contributed by atoms with E-state index in [1.54, 1.807) is 0 Å². The molecule has 1 aliphatic rings. The van der Waals surface area contributed by atoms with E-state index in [0.29, 0.717) is 17.5 Å². The highest BCUT2D eigenvalue weighted by atomic mass is 32.2. The van der Waals surface area contributed by atoms with Crippen LogP contribution in [0.15, 0.2) is 39.8 Å². The molecule has 0 radical (unpaired) electrons. The average molecular weight is 348 g/mol. The van der Waals surface area contributed by atoms with Gasteiger partial charge in [-0.1, -0.05) is 23.4 Å². The number of aromatic nitrogens is 2. The first-order chi connectivity index (χ1) is 11.6. The first kappa shape index (κ1) is 17.3. The number of piperazine rings is 1. The lowest BCUT2D eigenvalue weighted by atomic mass is 10.2. The summed E-state index contributed by atoms with van der Waals surface area (Å²) < 4.78 is 17.6. The van der Waals surface area contributed by atoms with Gasteiger partial charge < -0.3 is 4.52 Å². The second-order valence-electron chi connectivity index (χ2n) is 6.10. The van der Waals surface area contributed by atoms with Crippen molar-refractivity contribution in [3.05, 3.63) is 42.0 Å². The summed E-state index contributed by atoms with van der Waals surface area (Å²) in [4.78, 5) is 9.97. The van der Waals surface area contributed by atoms with Crippen LogP contribution in [0.25, 0.3) is 0 Å². The van der Waals surface area contributed by atoms with Crippen LogP contribution in [-0.2, 0) is 10.8 Å². The van der Waals surface area contributed by atoms with Gasteiger partial charge in [0.2, 0.25) is 5.89 Å². The van der Waals surface area contributed by atoms with Crippen molar-refractivity contribution in [1.82, 2.24) is 19.9 Å². The second kappa shape index (κ2) is 8.00. The third-order valence-electron chi connectivity index (χ3n) is 4.45. The van der Waals surface area contributed by atoms with Gasteiger partial charge in [-0.2, -0.15) is 4.98 Å². The molecule has 2 atom stereocenters. The predicted molar refractivity (Wildman–Crippen MR) is 93.2 cm³/mol. The largest absolute Gasteiger partial charge is 0.338 e. The van der Waals surface area contributed by atoms with Crippen LogP contribution in [0.1, 0.15) is 24.7 Å². The van der Waals surface area contributed by atoms with Crippen LogP contribution < -0.4 is 0 Å². The van der Waals surface area contributed by atoms with Gasteiger partial charge in [-0.25, -0.2) is 0 Å². The quantitative estimate of drug-likeness (QED) is 0.794. The Morgan fingerprint density at radius 3 is 2.54 bits per heavy atom. The van der Waals surface area contributed by atoms with Crippen LogP contribution in [-0.4, -0.2) is 62.6 Å². The summed E-state index contributed by atoms with van der Waals surface area (Å²) in [6.45, 7) is 8.68. The van der Waals surface area contributed by atoms with E-state index >= 15 is 0 Å². The molecule has 1 aromatic carbocycles. The van der Waals surface area contributed by atoms with Crippen molar-refractivity contribution in [2.45, 2.75) is 24.8 Å². The summed E-state index contributed by atoms with van der Waals surface area (Å²) in [6.07, 6.45) is 0. The maximum atomic E-state index is 12.3. The zero-order valence-electron chi connectivity index (χ0n) is 14.2. The van der Waals surface area contributed by atoms with Crippen molar-refractivity contribution in [2.75, 3.05) is 38.5 Å². The third-order valence-corrected chi connectivity index (χ3v) is 5.81. The van der Waals surface area contributed by atoms with Gasteiger partial charge in [0.25, 0.3) is 0 Å². The van der Waals surface area contributed by atoms with Gasteiger partial charge >= 0.3 is 0 Å². The molecule has 0 amide bonds. The lowest BCUT2D eigenvalue weighted by Gasteiger charge is -2.36. The first-order valence-electron chi connectivity index (χ1n) is 8.33. The number of nitrogens with zero attached hydrogens (tertiary/aromatic N) is 4. The van der Waals surface area contributed by atoms with E-state index in [0.717, 1.165) is 37.6 Å². The maximum absolute atomic E-state index is 12.3. The molecule has 130 valence electrons. The normalized spacial score (nSPS) is 19.2. The molecule has 0 bridgehead atoms. The molecule has 6 nitrogen and oxygen atoms in total. The molecule has 1 aromatic heterocycles. The van der Waals surface area contributed by atoms with Gasteiger partial charge in [0, 0.05) is 43.4 Å². The predicted octanol–water partition coefficient (Wildman–Crippen LogP) is 1.86. The van der Waals surface area contributed by atoms with Gasteiger partial charge in [0.1, 0.15) is 0 Å². The van der Waals surface area contributed by atoms with Crippen molar-refractivity contribution in [1.29, 1.82) is 0 Å². The Morgan fingerprint density at radius 2 is 1.92 bits per heavy atom. The Hall–Kier alpha value is -1.57. The smallest absolute Gasteiger partial charge is 0.243 e. The van der Waals surface area contributed by atoms with E-state index in [1.165, 1.54) is 0 Å². The summed E-state index contributed by atoms with van der Waals surface area (Å²) >= 11 is 0. The van der Waals surface area contributed by atoms with Crippen molar-refractivity contribution < 1.29 is 8.73 Å². The van der Waals surface area contributed by atoms with Crippen LogP contribution in [0, 0.1) is 6.92 Å². The van der Waals surface area contributed by atoms with Gasteiger partial charge in [0.05, 0.1) is 16.8 Å². The van der Waals surface area contributed by atoms with Gasteiger partial charge in [0.15, 0.2) is 5.82 Å². The second-order valence-corrected chi connectivity index (χ2v) is 7.67. The van der Waals surface area contributed by atoms with E-state index in [-0.39, 0.29) is 6.04 Å². The van der Waals surface area contributed by atoms with E-state index in [9.17, 15) is 4.21 Å². The zero-order chi connectivity index (χ0) is 16.9. The number of benzene rings is 1. The molecular formula is C17H24N4O2S. The topological polar surface area (TPSA) is 62.5 Å². The molecule has 0 saturated carbocycles. The summed E-state index contributed by atoms with van der Waals surface area (Å²) in [7, 11) is -0.918. The first-order valence-corrected chi connectivity index (χ1v) is 9.65. The zero-order valence-corrected chi connectivity index (χ0v) is 15.0. The molecular weight excluding hydrogens is 324 g/mol. The summed E-state index contributed by atoms with van der Waals surface area (Å²) in [5.41, 5.74) is 0. The van der Waals surface area contributed by atoms with E-state index in [2.05, 4.69) is 26.9 Å². The fraction of sp³-hybridized carbons (Fsp3) is 0.529. The number of hydrogen-bond donors (Lipinski definition) is 0. The Bertz CT molecular complexity index is 668. The molecule has 2 heterocycles. The number of rotatable bonds is 6. The van der Waals surface area contributed by atoms with Crippen molar-refractivity contribution >= 4 is 10.8 Å². The molecule has 24 heavy (non-hydrogen) atoms. The molecule has 1 fully saturated rings. The fourth-order valence-electron chi connectivity index (χ4n) is 2.92. The van der Waals surface area contributed by atoms with Crippen molar-refractivity contribution in [2.24, 2.45) is 0 Å².